The predicted molar refractivity (Wildman–Crippen MR) is 76.4 cm³/mol. The second-order valence-electron chi connectivity index (χ2n) is 4.33. The van der Waals surface area contributed by atoms with Crippen LogP contribution >= 0.6 is 11.8 Å². The Bertz CT molecular complexity index is 520. The summed E-state index contributed by atoms with van der Waals surface area (Å²) in [7, 11) is -3.20. The molecule has 19 heavy (non-hydrogen) atoms. The van der Waals surface area contributed by atoms with Gasteiger partial charge >= 0.3 is 5.97 Å². The van der Waals surface area contributed by atoms with E-state index >= 15 is 0 Å². The molecule has 1 rings (SSSR count). The van der Waals surface area contributed by atoms with E-state index in [-0.39, 0.29) is 4.90 Å². The lowest BCUT2D eigenvalue weighted by Crippen LogP contribution is -2.15. The van der Waals surface area contributed by atoms with Crippen LogP contribution in [0.4, 0.5) is 0 Å². The van der Waals surface area contributed by atoms with Gasteiger partial charge in [0.25, 0.3) is 0 Å². The fourth-order valence-corrected chi connectivity index (χ4v) is 3.19. The van der Waals surface area contributed by atoms with Crippen LogP contribution < -0.4 is 0 Å². The van der Waals surface area contributed by atoms with Gasteiger partial charge in [-0.2, -0.15) is 0 Å². The Morgan fingerprint density at radius 2 is 1.89 bits per heavy atom. The molecular formula is C13H18O4S2. The maximum atomic E-state index is 11.3. The Kier molecular flexibility index (Phi) is 5.87. The van der Waals surface area contributed by atoms with Gasteiger partial charge in [0, 0.05) is 11.2 Å². The summed E-state index contributed by atoms with van der Waals surface area (Å²) in [4.78, 5) is 12.1. The van der Waals surface area contributed by atoms with Crippen molar-refractivity contribution in [2.75, 3.05) is 6.26 Å². The van der Waals surface area contributed by atoms with Crippen molar-refractivity contribution in [3.63, 3.8) is 0 Å². The normalized spacial score (nSPS) is 13.2. The molecule has 1 N–H and O–H groups in total. The van der Waals surface area contributed by atoms with Crippen LogP contribution in [0.3, 0.4) is 0 Å². The van der Waals surface area contributed by atoms with Crippen LogP contribution in [0, 0.1) is 0 Å². The van der Waals surface area contributed by atoms with Crippen molar-refractivity contribution in [2.45, 2.75) is 41.2 Å². The van der Waals surface area contributed by atoms with E-state index in [0.717, 1.165) is 24.0 Å². The van der Waals surface area contributed by atoms with Crippen LogP contribution in [-0.2, 0) is 14.6 Å². The van der Waals surface area contributed by atoms with Crippen LogP contribution in [0.25, 0.3) is 0 Å². The summed E-state index contributed by atoms with van der Waals surface area (Å²) in [5, 5.41) is 8.65. The zero-order valence-corrected chi connectivity index (χ0v) is 12.6. The third-order valence-electron chi connectivity index (χ3n) is 2.63. The third-order valence-corrected chi connectivity index (χ3v) is 5.02. The van der Waals surface area contributed by atoms with Crippen LogP contribution in [0.5, 0.6) is 0 Å². The number of benzene rings is 1. The van der Waals surface area contributed by atoms with Crippen molar-refractivity contribution in [1.29, 1.82) is 0 Å². The van der Waals surface area contributed by atoms with E-state index in [1.807, 2.05) is 6.92 Å². The molecule has 6 heteroatoms. The SMILES string of the molecule is CCCCC(Sc1ccc(S(C)(=O)=O)cc1)C(=O)O. The third kappa shape index (κ3) is 5.24. The Hall–Kier alpha value is -1.01. The van der Waals surface area contributed by atoms with Gasteiger partial charge in [-0.3, -0.25) is 4.79 Å². The molecule has 0 aliphatic heterocycles. The number of carboxylic acid groups (broad SMARTS) is 1. The monoisotopic (exact) mass is 302 g/mol. The Labute approximate surface area is 118 Å². The molecule has 0 aliphatic rings. The number of carbonyl (C=O) groups is 1. The lowest BCUT2D eigenvalue weighted by atomic mass is 10.2. The predicted octanol–water partition coefficient (Wildman–Crippen LogP) is 2.83. The smallest absolute Gasteiger partial charge is 0.316 e. The highest BCUT2D eigenvalue weighted by Crippen LogP contribution is 2.27. The van der Waals surface area contributed by atoms with Gasteiger partial charge in [-0.15, -0.1) is 11.8 Å². The largest absolute Gasteiger partial charge is 0.480 e. The summed E-state index contributed by atoms with van der Waals surface area (Å²) >= 11 is 1.26. The Morgan fingerprint density at radius 3 is 2.32 bits per heavy atom. The van der Waals surface area contributed by atoms with E-state index in [1.165, 1.54) is 23.9 Å². The molecule has 106 valence electrons. The number of hydrogen-bond donors (Lipinski definition) is 1. The summed E-state index contributed by atoms with van der Waals surface area (Å²) in [5.41, 5.74) is 0. The van der Waals surface area contributed by atoms with E-state index in [9.17, 15) is 13.2 Å². The molecule has 1 aromatic rings. The maximum absolute atomic E-state index is 11.3. The summed E-state index contributed by atoms with van der Waals surface area (Å²) in [6.45, 7) is 2.02. The minimum absolute atomic E-state index is 0.247. The highest BCUT2D eigenvalue weighted by atomic mass is 32.2. The molecule has 0 saturated carbocycles. The molecule has 1 aromatic carbocycles. The molecule has 1 atom stereocenters. The van der Waals surface area contributed by atoms with Crippen molar-refractivity contribution < 1.29 is 18.3 Å². The molecule has 0 aromatic heterocycles. The van der Waals surface area contributed by atoms with Crippen LogP contribution in [0.1, 0.15) is 26.2 Å². The van der Waals surface area contributed by atoms with Crippen molar-refractivity contribution in [3.05, 3.63) is 24.3 Å². The molecule has 0 amide bonds. The zero-order valence-electron chi connectivity index (χ0n) is 11.0. The molecule has 0 saturated heterocycles. The fraction of sp³-hybridized carbons (Fsp3) is 0.462. The van der Waals surface area contributed by atoms with E-state index in [2.05, 4.69) is 0 Å². The topological polar surface area (TPSA) is 71.4 Å². The molecule has 1 unspecified atom stereocenters. The molecular weight excluding hydrogens is 284 g/mol. The molecule has 0 fully saturated rings. The van der Waals surface area contributed by atoms with Crippen LogP contribution in [-0.4, -0.2) is 31.0 Å². The number of thioether (sulfide) groups is 1. The molecule has 0 bridgehead atoms. The average Bonchev–Trinajstić information content (AvgIpc) is 2.33. The minimum Gasteiger partial charge on any atom is -0.480 e. The molecule has 0 aliphatic carbocycles. The summed E-state index contributed by atoms with van der Waals surface area (Å²) in [6, 6.07) is 6.33. The first-order valence-corrected chi connectivity index (χ1v) is 8.81. The van der Waals surface area contributed by atoms with Gasteiger partial charge in [0.15, 0.2) is 9.84 Å². The summed E-state index contributed by atoms with van der Waals surface area (Å²) < 4.78 is 22.6. The van der Waals surface area contributed by atoms with Crippen molar-refractivity contribution in [2.24, 2.45) is 0 Å². The number of rotatable bonds is 7. The number of hydrogen-bond acceptors (Lipinski definition) is 4. The van der Waals surface area contributed by atoms with Gasteiger partial charge in [-0.1, -0.05) is 19.8 Å². The molecule has 4 nitrogen and oxygen atoms in total. The minimum atomic E-state index is -3.20. The second-order valence-corrected chi connectivity index (χ2v) is 7.62. The fourth-order valence-electron chi connectivity index (χ4n) is 1.55. The molecule has 0 spiro atoms. The molecule has 0 radical (unpaired) electrons. The van der Waals surface area contributed by atoms with E-state index in [4.69, 9.17) is 5.11 Å². The van der Waals surface area contributed by atoms with Gasteiger partial charge in [0.2, 0.25) is 0 Å². The molecule has 0 heterocycles. The van der Waals surface area contributed by atoms with E-state index in [0.29, 0.717) is 6.42 Å². The number of aliphatic carboxylic acids is 1. The quantitative estimate of drug-likeness (QED) is 0.784. The van der Waals surface area contributed by atoms with Crippen molar-refractivity contribution in [3.8, 4) is 0 Å². The highest BCUT2D eigenvalue weighted by Gasteiger charge is 2.18. The van der Waals surface area contributed by atoms with Crippen molar-refractivity contribution in [1.82, 2.24) is 0 Å². The van der Waals surface area contributed by atoms with Gasteiger partial charge < -0.3 is 5.11 Å². The van der Waals surface area contributed by atoms with E-state index in [1.54, 1.807) is 12.1 Å². The van der Waals surface area contributed by atoms with Gasteiger partial charge in [0.1, 0.15) is 5.25 Å². The van der Waals surface area contributed by atoms with Gasteiger partial charge in [0.05, 0.1) is 4.90 Å². The van der Waals surface area contributed by atoms with Crippen LogP contribution in [0.2, 0.25) is 0 Å². The average molecular weight is 302 g/mol. The van der Waals surface area contributed by atoms with Gasteiger partial charge in [-0.25, -0.2) is 8.42 Å². The first-order chi connectivity index (χ1) is 8.84. The number of unbranched alkanes of at least 4 members (excludes halogenated alkanes) is 1. The lowest BCUT2D eigenvalue weighted by Gasteiger charge is -2.11. The van der Waals surface area contributed by atoms with Crippen LogP contribution in [0.15, 0.2) is 34.1 Å². The zero-order chi connectivity index (χ0) is 14.5. The number of carboxylic acids is 1. The summed E-state index contributed by atoms with van der Waals surface area (Å²) in [5.74, 6) is -0.828. The van der Waals surface area contributed by atoms with Gasteiger partial charge in [-0.05, 0) is 30.7 Å². The first kappa shape index (κ1) is 16.0. The number of sulfone groups is 1. The Morgan fingerprint density at radius 1 is 1.32 bits per heavy atom. The highest BCUT2D eigenvalue weighted by molar-refractivity contribution is 8.00. The van der Waals surface area contributed by atoms with Crippen molar-refractivity contribution >= 4 is 27.6 Å². The first-order valence-electron chi connectivity index (χ1n) is 6.04. The second kappa shape index (κ2) is 6.96. The Balaban J connectivity index is 2.78. The standard InChI is InChI=1S/C13H18O4S2/c1-3-4-5-12(13(14)15)18-10-6-8-11(9-7-10)19(2,16)17/h6-9,12H,3-5H2,1-2H3,(H,14,15). The summed E-state index contributed by atoms with van der Waals surface area (Å²) in [6.07, 6.45) is 3.59. The maximum Gasteiger partial charge on any atom is 0.316 e. The van der Waals surface area contributed by atoms with E-state index < -0.39 is 21.1 Å². The lowest BCUT2D eigenvalue weighted by molar-refractivity contribution is -0.136.